The maximum absolute atomic E-state index is 3.60. The van der Waals surface area contributed by atoms with Gasteiger partial charge in [-0.3, -0.25) is 0 Å². The number of hydrogen-bond donors (Lipinski definition) is 1. The molecule has 0 bridgehead atoms. The van der Waals surface area contributed by atoms with E-state index in [2.05, 4.69) is 53.9 Å². The summed E-state index contributed by atoms with van der Waals surface area (Å²) < 4.78 is 0. The van der Waals surface area contributed by atoms with Crippen molar-refractivity contribution in [3.8, 4) is 0 Å². The highest BCUT2D eigenvalue weighted by atomic mass is 14.9. The summed E-state index contributed by atoms with van der Waals surface area (Å²) in [5.41, 5.74) is 1.19. The van der Waals surface area contributed by atoms with E-state index in [0.717, 1.165) is 12.5 Å². The van der Waals surface area contributed by atoms with Crippen molar-refractivity contribution in [2.75, 3.05) is 6.54 Å². The van der Waals surface area contributed by atoms with Crippen LogP contribution in [0.2, 0.25) is 0 Å². The summed E-state index contributed by atoms with van der Waals surface area (Å²) in [5.74, 6) is 0.919. The third-order valence-corrected chi connectivity index (χ3v) is 4.55. The molecule has 0 amide bonds. The lowest BCUT2D eigenvalue weighted by Crippen LogP contribution is -2.17. The van der Waals surface area contributed by atoms with Crippen LogP contribution >= 0.6 is 0 Å². The Hall–Kier alpha value is -1.76. The predicted molar refractivity (Wildman–Crippen MR) is 102 cm³/mol. The first-order chi connectivity index (χ1) is 11.4. The normalized spacial score (nSPS) is 26.7. The maximum Gasteiger partial charge on any atom is 0.0340 e. The molecule has 0 unspecified atom stereocenters. The van der Waals surface area contributed by atoms with Crippen LogP contribution in [-0.4, -0.2) is 6.54 Å². The van der Waals surface area contributed by atoms with Crippen LogP contribution in [0.25, 0.3) is 0 Å². The van der Waals surface area contributed by atoms with E-state index in [4.69, 9.17) is 0 Å². The average molecular weight is 309 g/mol. The highest BCUT2D eigenvalue weighted by Gasteiger charge is 2.10. The molecular weight excluding hydrogens is 278 g/mol. The topological polar surface area (TPSA) is 12.0 Å². The molecule has 0 atom stereocenters. The molecule has 1 nitrogen and oxygen atoms in total. The van der Waals surface area contributed by atoms with E-state index < -0.39 is 0 Å². The largest absolute Gasteiger partial charge is 0.385 e. The van der Waals surface area contributed by atoms with Crippen LogP contribution < -0.4 is 5.32 Å². The van der Waals surface area contributed by atoms with Gasteiger partial charge < -0.3 is 5.32 Å². The molecule has 2 aliphatic carbocycles. The molecule has 0 heterocycles. The molecule has 0 aromatic heterocycles. The molecule has 0 radical (unpaired) electrons. The summed E-state index contributed by atoms with van der Waals surface area (Å²) in [6, 6.07) is 0. The van der Waals surface area contributed by atoms with Gasteiger partial charge in [-0.05, 0) is 24.5 Å². The van der Waals surface area contributed by atoms with Gasteiger partial charge in [0.1, 0.15) is 0 Å². The molecule has 1 fully saturated rings. The molecule has 2 rings (SSSR count). The van der Waals surface area contributed by atoms with Crippen molar-refractivity contribution in [1.82, 2.24) is 5.32 Å². The second-order valence-corrected chi connectivity index (χ2v) is 6.45. The minimum absolute atomic E-state index is 0.919. The fraction of sp³-hybridized carbons (Fsp3) is 0.455. The Bertz CT molecular complexity index is 480. The highest BCUT2D eigenvalue weighted by Crippen LogP contribution is 2.24. The van der Waals surface area contributed by atoms with Gasteiger partial charge in [0.15, 0.2) is 0 Å². The van der Waals surface area contributed by atoms with Crippen LogP contribution in [0, 0.1) is 5.92 Å². The summed E-state index contributed by atoms with van der Waals surface area (Å²) in [6.45, 7) is 1.08. The van der Waals surface area contributed by atoms with Crippen LogP contribution in [0.1, 0.15) is 51.4 Å². The zero-order chi connectivity index (χ0) is 16.0. The molecule has 1 saturated carbocycles. The van der Waals surface area contributed by atoms with Gasteiger partial charge in [-0.2, -0.15) is 0 Å². The molecule has 0 saturated heterocycles. The van der Waals surface area contributed by atoms with Crippen molar-refractivity contribution in [1.29, 1.82) is 0 Å². The average Bonchev–Trinajstić information content (AvgIpc) is 2.51. The molecule has 0 spiro atoms. The Labute approximate surface area is 142 Å². The lowest BCUT2D eigenvalue weighted by atomic mass is 9.89. The summed E-state index contributed by atoms with van der Waals surface area (Å²) in [6.07, 6.45) is 34.2. The Morgan fingerprint density at radius 1 is 0.696 bits per heavy atom. The van der Waals surface area contributed by atoms with Crippen molar-refractivity contribution in [2.45, 2.75) is 51.4 Å². The standard InChI is InChI=1S/C22H31N/c1-2-4-9-13-17-22(18-14-10-5-3-1)23-20-19-21-15-11-7-6-8-12-16-21/h1-5,9-10,13-14,17-18,21,23H,6-8,11-12,15-16,19-20H2/b2-1?,3-1?,4-2?,5-3?,9-4+,10-5?,13-9?,14-10-,17-13-,18-14?,22-17?,22-18+. The SMILES string of the molecule is C1=C\C=C/C=C(NCCC2CCCCCCC2)\C=C/C=C/C=C1. The van der Waals surface area contributed by atoms with E-state index in [-0.39, 0.29) is 0 Å². The zero-order valence-electron chi connectivity index (χ0n) is 14.3. The molecule has 124 valence electrons. The Kier molecular flexibility index (Phi) is 9.00. The zero-order valence-corrected chi connectivity index (χ0v) is 14.3. The third kappa shape index (κ3) is 8.44. The highest BCUT2D eigenvalue weighted by molar-refractivity contribution is 5.28. The fourth-order valence-corrected chi connectivity index (χ4v) is 3.19. The molecule has 1 heteroatoms. The first-order valence-corrected chi connectivity index (χ1v) is 9.24. The lowest BCUT2D eigenvalue weighted by molar-refractivity contribution is 0.357. The van der Waals surface area contributed by atoms with E-state index in [1.165, 1.54) is 57.1 Å². The molecule has 0 aromatic carbocycles. The fourth-order valence-electron chi connectivity index (χ4n) is 3.19. The summed E-state index contributed by atoms with van der Waals surface area (Å²) in [7, 11) is 0. The van der Waals surface area contributed by atoms with Crippen molar-refractivity contribution in [2.24, 2.45) is 5.92 Å². The van der Waals surface area contributed by atoms with Gasteiger partial charge in [-0.1, -0.05) is 99.6 Å². The molecule has 0 aliphatic heterocycles. The number of hydrogen-bond acceptors (Lipinski definition) is 1. The van der Waals surface area contributed by atoms with E-state index in [0.29, 0.717) is 0 Å². The van der Waals surface area contributed by atoms with E-state index in [1.54, 1.807) is 0 Å². The van der Waals surface area contributed by atoms with Crippen molar-refractivity contribution in [3.05, 3.63) is 72.5 Å². The van der Waals surface area contributed by atoms with Gasteiger partial charge in [0, 0.05) is 12.2 Å². The second-order valence-electron chi connectivity index (χ2n) is 6.45. The quantitative estimate of drug-likeness (QED) is 0.671. The minimum atomic E-state index is 0.919. The number of allylic oxidation sites excluding steroid dienone is 11. The summed E-state index contributed by atoms with van der Waals surface area (Å²) in [5, 5.41) is 3.60. The van der Waals surface area contributed by atoms with Crippen molar-refractivity contribution in [3.63, 3.8) is 0 Å². The smallest absolute Gasteiger partial charge is 0.0340 e. The predicted octanol–water partition coefficient (Wildman–Crippen LogP) is 6.01. The van der Waals surface area contributed by atoms with Gasteiger partial charge in [0.05, 0.1) is 0 Å². The van der Waals surface area contributed by atoms with Crippen molar-refractivity contribution >= 4 is 0 Å². The molecule has 23 heavy (non-hydrogen) atoms. The van der Waals surface area contributed by atoms with Crippen LogP contribution in [0.4, 0.5) is 0 Å². The Morgan fingerprint density at radius 2 is 1.26 bits per heavy atom. The summed E-state index contributed by atoms with van der Waals surface area (Å²) in [4.78, 5) is 0. The molecule has 2 aliphatic rings. The van der Waals surface area contributed by atoms with E-state index >= 15 is 0 Å². The second kappa shape index (κ2) is 11.8. The van der Waals surface area contributed by atoms with E-state index in [9.17, 15) is 0 Å². The Balaban J connectivity index is 1.81. The van der Waals surface area contributed by atoms with Crippen LogP contribution in [0.15, 0.2) is 72.5 Å². The van der Waals surface area contributed by atoms with Crippen molar-refractivity contribution < 1.29 is 0 Å². The molecule has 1 N–H and O–H groups in total. The summed E-state index contributed by atoms with van der Waals surface area (Å²) >= 11 is 0. The third-order valence-electron chi connectivity index (χ3n) is 4.55. The number of rotatable bonds is 4. The van der Waals surface area contributed by atoms with Gasteiger partial charge in [-0.25, -0.2) is 0 Å². The molecular formula is C22H31N. The van der Waals surface area contributed by atoms with Gasteiger partial charge in [-0.15, -0.1) is 0 Å². The van der Waals surface area contributed by atoms with Crippen LogP contribution in [0.5, 0.6) is 0 Å². The maximum atomic E-state index is 3.60. The van der Waals surface area contributed by atoms with Gasteiger partial charge >= 0.3 is 0 Å². The number of nitrogens with one attached hydrogen (secondary N) is 1. The molecule has 0 aromatic rings. The van der Waals surface area contributed by atoms with Crippen LogP contribution in [-0.2, 0) is 0 Å². The monoisotopic (exact) mass is 309 g/mol. The van der Waals surface area contributed by atoms with Crippen LogP contribution in [0.3, 0.4) is 0 Å². The first-order valence-electron chi connectivity index (χ1n) is 9.24. The van der Waals surface area contributed by atoms with Gasteiger partial charge in [0.2, 0.25) is 0 Å². The minimum Gasteiger partial charge on any atom is -0.385 e. The Morgan fingerprint density at radius 3 is 1.96 bits per heavy atom. The van der Waals surface area contributed by atoms with E-state index in [1.807, 2.05) is 18.2 Å². The lowest BCUT2D eigenvalue weighted by Gasteiger charge is -2.20. The first kappa shape index (κ1) is 17.6. The van der Waals surface area contributed by atoms with Gasteiger partial charge in [0.25, 0.3) is 0 Å².